The molecule has 1 heterocycles. The van der Waals surface area contributed by atoms with E-state index in [4.69, 9.17) is 4.74 Å². The molecular weight excluding hydrogens is 214 g/mol. The molecule has 0 fully saturated rings. The van der Waals surface area contributed by atoms with Crippen LogP contribution in [0.4, 0.5) is 0 Å². The first-order chi connectivity index (χ1) is 8.33. The first-order valence-corrected chi connectivity index (χ1v) is 5.84. The molecule has 1 aromatic carbocycles. The van der Waals surface area contributed by atoms with Gasteiger partial charge in [0.1, 0.15) is 0 Å². The van der Waals surface area contributed by atoms with E-state index in [1.54, 1.807) is 12.3 Å². The van der Waals surface area contributed by atoms with Crippen molar-refractivity contribution in [3.8, 4) is 0 Å². The first kappa shape index (κ1) is 11.6. The smallest absolute Gasteiger partial charge is 0.338 e. The second kappa shape index (κ2) is 5.43. The average molecular weight is 229 g/mol. The number of fused-ring (bicyclic) bond motifs is 1. The maximum atomic E-state index is 11.9. The quantitative estimate of drug-likeness (QED) is 0.597. The first-order valence-electron chi connectivity index (χ1n) is 5.84. The van der Waals surface area contributed by atoms with Gasteiger partial charge in [0.05, 0.1) is 17.7 Å². The van der Waals surface area contributed by atoms with Crippen molar-refractivity contribution in [2.24, 2.45) is 0 Å². The van der Waals surface area contributed by atoms with Crippen LogP contribution in [0, 0.1) is 0 Å². The molecule has 0 saturated carbocycles. The van der Waals surface area contributed by atoms with Crippen molar-refractivity contribution in [2.45, 2.75) is 19.8 Å². The summed E-state index contributed by atoms with van der Waals surface area (Å²) >= 11 is 0. The fraction of sp³-hybridized carbons (Fsp3) is 0.286. The SMILES string of the molecule is CCCCOC(=O)c1cccc2ncccc12. The van der Waals surface area contributed by atoms with Gasteiger partial charge in [0.15, 0.2) is 0 Å². The van der Waals surface area contributed by atoms with Crippen molar-refractivity contribution in [3.63, 3.8) is 0 Å². The summed E-state index contributed by atoms with van der Waals surface area (Å²) in [5.41, 5.74) is 1.41. The minimum absolute atomic E-state index is 0.267. The Morgan fingerprint density at radius 3 is 3.00 bits per heavy atom. The highest BCUT2D eigenvalue weighted by molar-refractivity contribution is 6.03. The van der Waals surface area contributed by atoms with Gasteiger partial charge < -0.3 is 4.74 Å². The third-order valence-corrected chi connectivity index (χ3v) is 2.60. The van der Waals surface area contributed by atoms with E-state index in [1.165, 1.54) is 0 Å². The molecular formula is C14H15NO2. The number of hydrogen-bond donors (Lipinski definition) is 0. The molecule has 3 heteroatoms. The largest absolute Gasteiger partial charge is 0.462 e. The monoisotopic (exact) mass is 229 g/mol. The van der Waals surface area contributed by atoms with Gasteiger partial charge in [0, 0.05) is 11.6 Å². The molecule has 2 rings (SSSR count). The highest BCUT2D eigenvalue weighted by atomic mass is 16.5. The topological polar surface area (TPSA) is 39.2 Å². The molecule has 0 aliphatic carbocycles. The number of carbonyl (C=O) groups excluding carboxylic acids is 1. The normalized spacial score (nSPS) is 10.4. The Morgan fingerprint density at radius 2 is 2.18 bits per heavy atom. The van der Waals surface area contributed by atoms with Crippen molar-refractivity contribution in [1.82, 2.24) is 4.98 Å². The minimum atomic E-state index is -0.267. The summed E-state index contributed by atoms with van der Waals surface area (Å²) in [6.45, 7) is 2.54. The van der Waals surface area contributed by atoms with E-state index in [1.807, 2.05) is 24.3 Å². The van der Waals surface area contributed by atoms with Crippen molar-refractivity contribution >= 4 is 16.9 Å². The zero-order chi connectivity index (χ0) is 12.1. The number of ether oxygens (including phenoxy) is 1. The van der Waals surface area contributed by atoms with Crippen LogP contribution in [0.5, 0.6) is 0 Å². The third-order valence-electron chi connectivity index (χ3n) is 2.60. The van der Waals surface area contributed by atoms with Crippen molar-refractivity contribution in [2.75, 3.05) is 6.61 Å². The fourth-order valence-corrected chi connectivity index (χ4v) is 1.67. The number of hydrogen-bond acceptors (Lipinski definition) is 3. The van der Waals surface area contributed by atoms with E-state index in [0.29, 0.717) is 12.2 Å². The van der Waals surface area contributed by atoms with Crippen LogP contribution in [-0.4, -0.2) is 17.6 Å². The van der Waals surface area contributed by atoms with Crippen molar-refractivity contribution in [1.29, 1.82) is 0 Å². The Hall–Kier alpha value is -1.90. The lowest BCUT2D eigenvalue weighted by atomic mass is 10.1. The number of nitrogens with zero attached hydrogens (tertiary/aromatic N) is 1. The van der Waals surface area contributed by atoms with Gasteiger partial charge in [-0.1, -0.05) is 25.5 Å². The van der Waals surface area contributed by atoms with Gasteiger partial charge in [-0.2, -0.15) is 0 Å². The van der Waals surface area contributed by atoms with Crippen LogP contribution in [0.15, 0.2) is 36.5 Å². The van der Waals surface area contributed by atoms with E-state index in [-0.39, 0.29) is 5.97 Å². The summed E-state index contributed by atoms with van der Waals surface area (Å²) in [7, 11) is 0. The molecule has 0 amide bonds. The van der Waals surface area contributed by atoms with Crippen LogP contribution in [-0.2, 0) is 4.74 Å². The zero-order valence-corrected chi connectivity index (χ0v) is 9.85. The highest BCUT2D eigenvalue weighted by Gasteiger charge is 2.10. The average Bonchev–Trinajstić information content (AvgIpc) is 2.38. The number of aromatic nitrogens is 1. The van der Waals surface area contributed by atoms with Crippen LogP contribution >= 0.6 is 0 Å². The number of rotatable bonds is 4. The summed E-state index contributed by atoms with van der Waals surface area (Å²) in [4.78, 5) is 16.1. The van der Waals surface area contributed by atoms with Gasteiger partial charge in [0.2, 0.25) is 0 Å². The van der Waals surface area contributed by atoms with Crippen LogP contribution in [0.25, 0.3) is 10.9 Å². The Kier molecular flexibility index (Phi) is 3.70. The van der Waals surface area contributed by atoms with Crippen LogP contribution < -0.4 is 0 Å². The Morgan fingerprint density at radius 1 is 1.29 bits per heavy atom. The highest BCUT2D eigenvalue weighted by Crippen LogP contribution is 2.17. The van der Waals surface area contributed by atoms with Gasteiger partial charge in [-0.25, -0.2) is 4.79 Å². The molecule has 2 aromatic rings. The Balaban J connectivity index is 2.26. The predicted molar refractivity (Wildman–Crippen MR) is 66.9 cm³/mol. The van der Waals surface area contributed by atoms with Crippen LogP contribution in [0.1, 0.15) is 30.1 Å². The number of unbranched alkanes of at least 4 members (excludes halogenated alkanes) is 1. The lowest BCUT2D eigenvalue weighted by Gasteiger charge is -2.06. The van der Waals surface area contributed by atoms with Gasteiger partial charge in [-0.15, -0.1) is 0 Å². The fourth-order valence-electron chi connectivity index (χ4n) is 1.67. The number of esters is 1. The lowest BCUT2D eigenvalue weighted by molar-refractivity contribution is 0.0502. The second-order valence-corrected chi connectivity index (χ2v) is 3.87. The minimum Gasteiger partial charge on any atom is -0.462 e. The molecule has 0 unspecified atom stereocenters. The summed E-state index contributed by atoms with van der Waals surface area (Å²) in [6, 6.07) is 9.20. The summed E-state index contributed by atoms with van der Waals surface area (Å²) < 4.78 is 5.21. The van der Waals surface area contributed by atoms with Gasteiger partial charge in [-0.3, -0.25) is 4.98 Å². The van der Waals surface area contributed by atoms with E-state index in [0.717, 1.165) is 23.7 Å². The number of benzene rings is 1. The molecule has 0 atom stereocenters. The Labute approximate surface area is 100 Å². The zero-order valence-electron chi connectivity index (χ0n) is 9.85. The molecule has 3 nitrogen and oxygen atoms in total. The number of carbonyl (C=O) groups is 1. The van der Waals surface area contributed by atoms with E-state index < -0.39 is 0 Å². The molecule has 1 aromatic heterocycles. The van der Waals surface area contributed by atoms with E-state index in [2.05, 4.69) is 11.9 Å². The standard InChI is InChI=1S/C14H15NO2/c1-2-3-10-17-14(16)12-6-4-8-13-11(12)7-5-9-15-13/h4-9H,2-3,10H2,1H3. The van der Waals surface area contributed by atoms with Crippen molar-refractivity contribution < 1.29 is 9.53 Å². The molecule has 0 aliphatic heterocycles. The van der Waals surface area contributed by atoms with Gasteiger partial charge in [-0.05, 0) is 24.6 Å². The molecule has 17 heavy (non-hydrogen) atoms. The molecule has 88 valence electrons. The van der Waals surface area contributed by atoms with Crippen molar-refractivity contribution in [3.05, 3.63) is 42.1 Å². The molecule has 0 N–H and O–H groups in total. The Bertz CT molecular complexity index is 517. The number of pyridine rings is 1. The lowest BCUT2D eigenvalue weighted by Crippen LogP contribution is -2.07. The maximum Gasteiger partial charge on any atom is 0.338 e. The molecule has 0 bridgehead atoms. The summed E-state index contributed by atoms with van der Waals surface area (Å²) in [6.07, 6.45) is 3.63. The summed E-state index contributed by atoms with van der Waals surface area (Å²) in [5.74, 6) is -0.267. The summed E-state index contributed by atoms with van der Waals surface area (Å²) in [5, 5.41) is 0.844. The van der Waals surface area contributed by atoms with E-state index in [9.17, 15) is 4.79 Å². The third kappa shape index (κ3) is 2.61. The van der Waals surface area contributed by atoms with E-state index >= 15 is 0 Å². The molecule has 0 saturated heterocycles. The molecule has 0 radical (unpaired) electrons. The van der Waals surface area contributed by atoms with Crippen LogP contribution in [0.3, 0.4) is 0 Å². The molecule has 0 spiro atoms. The van der Waals surface area contributed by atoms with Gasteiger partial charge >= 0.3 is 5.97 Å². The second-order valence-electron chi connectivity index (χ2n) is 3.87. The van der Waals surface area contributed by atoms with Crippen LogP contribution in [0.2, 0.25) is 0 Å². The van der Waals surface area contributed by atoms with Gasteiger partial charge in [0.25, 0.3) is 0 Å². The molecule has 0 aliphatic rings. The maximum absolute atomic E-state index is 11.9. The predicted octanol–water partition coefficient (Wildman–Crippen LogP) is 3.19.